The predicted octanol–water partition coefficient (Wildman–Crippen LogP) is 7.26. The van der Waals surface area contributed by atoms with Crippen LogP contribution >= 0.6 is 0 Å². The summed E-state index contributed by atoms with van der Waals surface area (Å²) in [6.07, 6.45) is 1.03. The molecule has 0 aliphatic heterocycles. The Labute approximate surface area is 275 Å². The first-order valence-corrected chi connectivity index (χ1v) is 17.2. The molecule has 0 aliphatic rings. The van der Waals surface area contributed by atoms with E-state index in [0.717, 1.165) is 38.9 Å². The van der Waals surface area contributed by atoms with Gasteiger partial charge >= 0.3 is 5.97 Å². The van der Waals surface area contributed by atoms with Crippen LogP contribution in [0.1, 0.15) is 44.3 Å². The van der Waals surface area contributed by atoms with Crippen LogP contribution in [0.2, 0.25) is 0 Å². The van der Waals surface area contributed by atoms with E-state index < -0.39 is 16.0 Å². The summed E-state index contributed by atoms with van der Waals surface area (Å²) >= 11 is 0. The standard InChI is InChI=1S/C39H36N2O5S/c42-39(43)32-20-22-33(23-21-32)46-27-25-35-34-18-10-11-19-36(34)41(38(30-14-6-2-7-15-30)31-16-8-3-9-17-31)37(35)24-26-40-47(44,45)28-29-12-4-1-5-13-29/h1-23,38,40H,24-28H2,(H,42,43). The van der Waals surface area contributed by atoms with Crippen molar-refractivity contribution in [2.75, 3.05) is 13.2 Å². The van der Waals surface area contributed by atoms with Crippen LogP contribution < -0.4 is 9.46 Å². The van der Waals surface area contributed by atoms with Gasteiger partial charge in [0.25, 0.3) is 0 Å². The quantitative estimate of drug-likeness (QED) is 0.130. The normalized spacial score (nSPS) is 11.6. The third kappa shape index (κ3) is 7.62. The number of aromatic nitrogens is 1. The Hall–Kier alpha value is -5.18. The number of hydrogen-bond acceptors (Lipinski definition) is 4. The first-order valence-electron chi connectivity index (χ1n) is 15.6. The zero-order chi connectivity index (χ0) is 32.6. The van der Waals surface area contributed by atoms with E-state index >= 15 is 0 Å². The fourth-order valence-corrected chi connectivity index (χ4v) is 7.27. The van der Waals surface area contributed by atoms with Gasteiger partial charge in [0.05, 0.1) is 24.0 Å². The van der Waals surface area contributed by atoms with Crippen LogP contribution in [-0.4, -0.2) is 37.2 Å². The van der Waals surface area contributed by atoms with E-state index in [1.165, 1.54) is 12.1 Å². The average Bonchev–Trinajstić information content (AvgIpc) is 3.39. The highest BCUT2D eigenvalue weighted by atomic mass is 32.2. The Morgan fingerprint density at radius 3 is 1.91 bits per heavy atom. The lowest BCUT2D eigenvalue weighted by atomic mass is 9.97. The zero-order valence-electron chi connectivity index (χ0n) is 25.8. The molecule has 0 fully saturated rings. The van der Waals surface area contributed by atoms with Gasteiger partial charge in [-0.2, -0.15) is 0 Å². The molecule has 0 spiro atoms. The summed E-state index contributed by atoms with van der Waals surface area (Å²) in [4.78, 5) is 11.3. The van der Waals surface area contributed by atoms with Crippen LogP contribution in [0.25, 0.3) is 10.9 Å². The third-order valence-corrected chi connectivity index (χ3v) is 9.58. The largest absolute Gasteiger partial charge is 0.493 e. The van der Waals surface area contributed by atoms with Gasteiger partial charge in [-0.3, -0.25) is 0 Å². The van der Waals surface area contributed by atoms with E-state index in [2.05, 4.69) is 45.7 Å². The predicted molar refractivity (Wildman–Crippen MR) is 185 cm³/mol. The molecule has 0 amide bonds. The SMILES string of the molecule is O=C(O)c1ccc(OCCc2c(CCNS(=O)(=O)Cc3ccccc3)n(C(c3ccccc3)c3ccccc3)c3ccccc23)cc1. The van der Waals surface area contributed by atoms with Gasteiger partial charge in [-0.05, 0) is 52.6 Å². The van der Waals surface area contributed by atoms with Crippen molar-refractivity contribution in [3.8, 4) is 5.75 Å². The number of nitrogens with one attached hydrogen (secondary N) is 1. The smallest absolute Gasteiger partial charge is 0.335 e. The number of fused-ring (bicyclic) bond motifs is 1. The number of aromatic carboxylic acids is 1. The van der Waals surface area contributed by atoms with Crippen LogP contribution in [0.5, 0.6) is 5.75 Å². The van der Waals surface area contributed by atoms with E-state index in [-0.39, 0.29) is 23.9 Å². The molecule has 238 valence electrons. The first-order chi connectivity index (χ1) is 22.9. The van der Waals surface area contributed by atoms with Crippen LogP contribution in [0.3, 0.4) is 0 Å². The lowest BCUT2D eigenvalue weighted by Gasteiger charge is -2.25. The summed E-state index contributed by atoms with van der Waals surface area (Å²) in [7, 11) is -3.57. The summed E-state index contributed by atoms with van der Waals surface area (Å²) in [6.45, 7) is 0.584. The van der Waals surface area contributed by atoms with Gasteiger partial charge in [-0.15, -0.1) is 0 Å². The lowest BCUT2D eigenvalue weighted by molar-refractivity contribution is 0.0697. The number of carbonyl (C=O) groups is 1. The molecule has 0 atom stereocenters. The molecule has 0 radical (unpaired) electrons. The highest BCUT2D eigenvalue weighted by molar-refractivity contribution is 7.88. The molecule has 6 rings (SSSR count). The van der Waals surface area contributed by atoms with Crippen molar-refractivity contribution in [2.45, 2.75) is 24.6 Å². The Balaban J connectivity index is 1.38. The summed E-state index contributed by atoms with van der Waals surface area (Å²) in [5.74, 6) is -0.491. The molecule has 7 nitrogen and oxygen atoms in total. The molecule has 0 unspecified atom stereocenters. The Morgan fingerprint density at radius 1 is 0.723 bits per heavy atom. The molecular weight excluding hydrogens is 609 g/mol. The van der Waals surface area contributed by atoms with Crippen molar-refractivity contribution >= 4 is 26.9 Å². The topological polar surface area (TPSA) is 97.6 Å². The Morgan fingerprint density at radius 2 is 1.30 bits per heavy atom. The van der Waals surface area contributed by atoms with Crippen molar-refractivity contribution in [1.82, 2.24) is 9.29 Å². The molecule has 6 aromatic rings. The van der Waals surface area contributed by atoms with E-state index in [4.69, 9.17) is 4.74 Å². The first kappa shape index (κ1) is 31.8. The third-order valence-electron chi connectivity index (χ3n) is 8.22. The van der Waals surface area contributed by atoms with Gasteiger partial charge in [-0.25, -0.2) is 17.9 Å². The number of rotatable bonds is 14. The molecule has 1 aromatic heterocycles. The number of ether oxygens (including phenoxy) is 1. The number of carboxylic acid groups (broad SMARTS) is 1. The van der Waals surface area contributed by atoms with E-state index in [9.17, 15) is 18.3 Å². The second-order valence-electron chi connectivity index (χ2n) is 11.4. The summed E-state index contributed by atoms with van der Waals surface area (Å²) in [5, 5.41) is 10.3. The highest BCUT2D eigenvalue weighted by Crippen LogP contribution is 2.36. The van der Waals surface area contributed by atoms with Crippen molar-refractivity contribution in [1.29, 1.82) is 0 Å². The van der Waals surface area contributed by atoms with Gasteiger partial charge in [0.15, 0.2) is 0 Å². The van der Waals surface area contributed by atoms with E-state index in [0.29, 0.717) is 25.2 Å². The zero-order valence-corrected chi connectivity index (χ0v) is 26.6. The van der Waals surface area contributed by atoms with Crippen LogP contribution in [-0.2, 0) is 28.6 Å². The van der Waals surface area contributed by atoms with Crippen LogP contribution in [0, 0.1) is 0 Å². The Bertz CT molecular complexity index is 2000. The molecule has 1 heterocycles. The van der Waals surface area contributed by atoms with Crippen molar-refractivity contribution in [3.63, 3.8) is 0 Å². The van der Waals surface area contributed by atoms with E-state index in [1.807, 2.05) is 78.9 Å². The summed E-state index contributed by atoms with van der Waals surface area (Å²) in [6, 6.07) is 44.4. The minimum absolute atomic E-state index is 0.0884. The molecule has 8 heteroatoms. The van der Waals surface area contributed by atoms with Crippen molar-refractivity contribution < 1.29 is 23.1 Å². The number of hydrogen-bond donors (Lipinski definition) is 2. The van der Waals surface area contributed by atoms with Gasteiger partial charge < -0.3 is 14.4 Å². The van der Waals surface area contributed by atoms with E-state index in [1.54, 1.807) is 12.1 Å². The summed E-state index contributed by atoms with van der Waals surface area (Å²) in [5.41, 5.74) is 6.33. The van der Waals surface area contributed by atoms with Crippen LogP contribution in [0.15, 0.2) is 140 Å². The number of benzene rings is 5. The fraction of sp³-hybridized carbons (Fsp3) is 0.154. The maximum Gasteiger partial charge on any atom is 0.335 e. The number of carboxylic acids is 1. The maximum atomic E-state index is 13.1. The molecule has 0 aliphatic carbocycles. The molecule has 47 heavy (non-hydrogen) atoms. The van der Waals surface area contributed by atoms with Crippen molar-refractivity contribution in [3.05, 3.63) is 173 Å². The van der Waals surface area contributed by atoms with Gasteiger partial charge in [-0.1, -0.05) is 109 Å². The Kier molecular flexibility index (Phi) is 9.80. The average molecular weight is 645 g/mol. The second-order valence-corrected chi connectivity index (χ2v) is 13.2. The monoisotopic (exact) mass is 644 g/mol. The minimum atomic E-state index is -3.57. The molecule has 2 N–H and O–H groups in total. The van der Waals surface area contributed by atoms with Crippen LogP contribution in [0.4, 0.5) is 0 Å². The van der Waals surface area contributed by atoms with Gasteiger partial charge in [0, 0.05) is 36.0 Å². The number of sulfonamides is 1. The molecule has 5 aromatic carbocycles. The number of nitrogens with zero attached hydrogens (tertiary/aromatic N) is 1. The lowest BCUT2D eigenvalue weighted by Crippen LogP contribution is -2.28. The molecular formula is C39H36N2O5S. The molecule has 0 saturated carbocycles. The maximum absolute atomic E-state index is 13.1. The molecule has 0 bridgehead atoms. The fourth-order valence-electron chi connectivity index (χ4n) is 6.13. The highest BCUT2D eigenvalue weighted by Gasteiger charge is 2.25. The summed E-state index contributed by atoms with van der Waals surface area (Å²) < 4.78 is 37.6. The van der Waals surface area contributed by atoms with Crippen molar-refractivity contribution in [2.24, 2.45) is 0 Å². The van der Waals surface area contributed by atoms with Gasteiger partial charge in [0.1, 0.15) is 5.75 Å². The molecule has 0 saturated heterocycles. The number of para-hydroxylation sites is 1. The minimum Gasteiger partial charge on any atom is -0.493 e. The van der Waals surface area contributed by atoms with Gasteiger partial charge in [0.2, 0.25) is 10.0 Å². The second kappa shape index (κ2) is 14.5.